The van der Waals surface area contributed by atoms with E-state index in [1.54, 1.807) is 0 Å². The van der Waals surface area contributed by atoms with Crippen LogP contribution in [-0.2, 0) is 13.0 Å². The highest BCUT2D eigenvalue weighted by Gasteiger charge is 2.22. The van der Waals surface area contributed by atoms with Crippen molar-refractivity contribution in [2.75, 3.05) is 0 Å². The van der Waals surface area contributed by atoms with Crippen molar-refractivity contribution in [3.8, 4) is 5.75 Å². The van der Waals surface area contributed by atoms with Gasteiger partial charge in [0.05, 0.1) is 0 Å². The first kappa shape index (κ1) is 14.6. The number of aromatic nitrogens is 4. The minimum atomic E-state index is -0.244. The van der Waals surface area contributed by atoms with Crippen molar-refractivity contribution in [1.29, 1.82) is 0 Å². The van der Waals surface area contributed by atoms with Crippen molar-refractivity contribution < 1.29 is 4.74 Å². The molecule has 120 valence electrons. The molecule has 0 spiro atoms. The van der Waals surface area contributed by atoms with E-state index < -0.39 is 0 Å². The number of hydrogen-bond donors (Lipinski definition) is 0. The summed E-state index contributed by atoms with van der Waals surface area (Å²) in [6.45, 7) is 0.770. The molecule has 0 saturated heterocycles. The van der Waals surface area contributed by atoms with Gasteiger partial charge in [-0.2, -0.15) is 0 Å². The van der Waals surface area contributed by atoms with Gasteiger partial charge in [-0.1, -0.05) is 54.6 Å². The van der Waals surface area contributed by atoms with Gasteiger partial charge in [-0.25, -0.2) is 4.68 Å². The average Bonchev–Trinajstić information content (AvgIpc) is 3.11. The molecule has 0 amide bonds. The van der Waals surface area contributed by atoms with Crippen LogP contribution in [0.2, 0.25) is 0 Å². The molecule has 3 aromatic rings. The molecule has 0 N–H and O–H groups in total. The third-order valence-electron chi connectivity index (χ3n) is 4.12. The second-order valence-corrected chi connectivity index (χ2v) is 5.78. The number of nitrogens with zero attached hydrogens (tertiary/aromatic N) is 4. The molecule has 1 aromatic heterocycles. The van der Waals surface area contributed by atoms with Crippen LogP contribution in [0.1, 0.15) is 29.5 Å². The van der Waals surface area contributed by atoms with Crippen LogP contribution < -0.4 is 4.74 Å². The van der Waals surface area contributed by atoms with E-state index >= 15 is 0 Å². The third kappa shape index (κ3) is 3.06. The fourth-order valence-corrected chi connectivity index (χ4v) is 2.88. The van der Waals surface area contributed by atoms with Crippen LogP contribution in [0.5, 0.6) is 5.75 Å². The summed E-state index contributed by atoms with van der Waals surface area (Å²) in [4.78, 5) is 0. The number of tetrazole rings is 1. The zero-order chi connectivity index (χ0) is 16.2. The summed E-state index contributed by atoms with van der Waals surface area (Å²) in [5.41, 5.74) is 2.41. The summed E-state index contributed by atoms with van der Waals surface area (Å²) >= 11 is 0. The molecule has 5 heteroatoms. The Morgan fingerprint density at radius 3 is 2.75 bits per heavy atom. The first-order valence-electron chi connectivity index (χ1n) is 8.14. The number of aryl methyl sites for hydroxylation is 2. The fourth-order valence-electron chi connectivity index (χ4n) is 2.88. The minimum absolute atomic E-state index is 0.244. The van der Waals surface area contributed by atoms with Crippen molar-refractivity contribution in [2.45, 2.75) is 25.5 Å². The minimum Gasteiger partial charge on any atom is -0.478 e. The van der Waals surface area contributed by atoms with Gasteiger partial charge in [-0.3, -0.25) is 0 Å². The molecule has 24 heavy (non-hydrogen) atoms. The second-order valence-electron chi connectivity index (χ2n) is 5.78. The van der Waals surface area contributed by atoms with Crippen LogP contribution in [-0.4, -0.2) is 20.2 Å². The van der Waals surface area contributed by atoms with E-state index in [2.05, 4.69) is 45.9 Å². The Morgan fingerprint density at radius 1 is 1.00 bits per heavy atom. The lowest BCUT2D eigenvalue weighted by Crippen LogP contribution is -2.16. The highest BCUT2D eigenvalue weighted by Crippen LogP contribution is 2.31. The Bertz CT molecular complexity index is 841. The summed E-state index contributed by atoms with van der Waals surface area (Å²) in [5, 5.41) is 12.1. The zero-order valence-electron chi connectivity index (χ0n) is 13.2. The summed E-state index contributed by atoms with van der Waals surface area (Å²) in [6, 6.07) is 18.4. The van der Waals surface area contributed by atoms with E-state index in [9.17, 15) is 0 Å². The predicted octanol–water partition coefficient (Wildman–Crippen LogP) is 3.45. The zero-order valence-corrected chi connectivity index (χ0v) is 13.2. The number of hydrogen-bond acceptors (Lipinski definition) is 4. The summed E-state index contributed by atoms with van der Waals surface area (Å²) in [6.07, 6.45) is 5.81. The highest BCUT2D eigenvalue weighted by atomic mass is 16.5. The quantitative estimate of drug-likeness (QED) is 0.723. The Labute approximate surface area is 140 Å². The molecule has 0 aliphatic carbocycles. The predicted molar refractivity (Wildman–Crippen MR) is 91.4 cm³/mol. The smallest absolute Gasteiger partial charge is 0.196 e. The van der Waals surface area contributed by atoms with Crippen molar-refractivity contribution in [3.63, 3.8) is 0 Å². The van der Waals surface area contributed by atoms with Crippen LogP contribution in [0.3, 0.4) is 0 Å². The standard InChI is InChI=1S/C19H18N4O/c1-2-7-15(8-3-1)9-6-14-23-19(20-21-22-23)18-13-12-16-10-4-5-11-17(16)24-18/h1-5,7-8,10-13,18H,6,9,14H2. The lowest BCUT2D eigenvalue weighted by molar-refractivity contribution is 0.232. The van der Waals surface area contributed by atoms with Crippen molar-refractivity contribution >= 4 is 6.08 Å². The molecule has 0 fully saturated rings. The molecule has 4 rings (SSSR count). The lowest BCUT2D eigenvalue weighted by Gasteiger charge is -2.20. The van der Waals surface area contributed by atoms with E-state index in [4.69, 9.17) is 4.74 Å². The fraction of sp³-hybridized carbons (Fsp3) is 0.211. The van der Waals surface area contributed by atoms with Crippen molar-refractivity contribution in [1.82, 2.24) is 20.2 Å². The number of para-hydroxylation sites is 1. The third-order valence-corrected chi connectivity index (χ3v) is 4.12. The Morgan fingerprint density at radius 2 is 1.83 bits per heavy atom. The van der Waals surface area contributed by atoms with E-state index in [1.807, 2.05) is 41.1 Å². The summed E-state index contributed by atoms with van der Waals surface area (Å²) in [7, 11) is 0. The Hall–Kier alpha value is -2.95. The van der Waals surface area contributed by atoms with Gasteiger partial charge in [-0.15, -0.1) is 5.10 Å². The van der Waals surface area contributed by atoms with E-state index in [0.717, 1.165) is 36.5 Å². The monoisotopic (exact) mass is 318 g/mol. The van der Waals surface area contributed by atoms with Crippen LogP contribution in [0.25, 0.3) is 6.08 Å². The molecule has 1 unspecified atom stereocenters. The number of fused-ring (bicyclic) bond motifs is 1. The van der Waals surface area contributed by atoms with Crippen LogP contribution in [0, 0.1) is 0 Å². The Balaban J connectivity index is 1.44. The molecule has 2 aromatic carbocycles. The molecule has 0 bridgehead atoms. The van der Waals surface area contributed by atoms with E-state index in [0.29, 0.717) is 0 Å². The number of rotatable bonds is 5. The maximum absolute atomic E-state index is 6.03. The van der Waals surface area contributed by atoms with Crippen molar-refractivity contribution in [2.24, 2.45) is 0 Å². The van der Waals surface area contributed by atoms with Gasteiger partial charge in [0.25, 0.3) is 0 Å². The summed E-state index contributed by atoms with van der Waals surface area (Å²) in [5.74, 6) is 1.61. The second kappa shape index (κ2) is 6.66. The van der Waals surface area contributed by atoms with Gasteiger partial charge in [0.15, 0.2) is 11.9 Å². The molecule has 5 nitrogen and oxygen atoms in total. The van der Waals surface area contributed by atoms with E-state index in [1.165, 1.54) is 5.56 Å². The normalized spacial score (nSPS) is 15.8. The van der Waals surface area contributed by atoms with Crippen molar-refractivity contribution in [3.05, 3.63) is 77.6 Å². The molecule has 1 aliphatic rings. The van der Waals surface area contributed by atoms with E-state index in [-0.39, 0.29) is 6.10 Å². The van der Waals surface area contributed by atoms with Gasteiger partial charge >= 0.3 is 0 Å². The first-order valence-corrected chi connectivity index (χ1v) is 8.14. The molecule has 0 radical (unpaired) electrons. The van der Waals surface area contributed by atoms with Crippen LogP contribution in [0.15, 0.2) is 60.7 Å². The first-order chi connectivity index (χ1) is 11.9. The molecule has 0 saturated carbocycles. The van der Waals surface area contributed by atoms with Gasteiger partial charge in [0.1, 0.15) is 5.75 Å². The van der Waals surface area contributed by atoms with Gasteiger partial charge in [-0.05, 0) is 41.0 Å². The molecular weight excluding hydrogens is 300 g/mol. The van der Waals surface area contributed by atoms with Gasteiger partial charge < -0.3 is 4.74 Å². The molecule has 2 heterocycles. The highest BCUT2D eigenvalue weighted by molar-refractivity contribution is 5.59. The average molecular weight is 318 g/mol. The number of ether oxygens (including phenoxy) is 1. The van der Waals surface area contributed by atoms with Gasteiger partial charge in [0.2, 0.25) is 0 Å². The number of benzene rings is 2. The molecule has 1 aliphatic heterocycles. The maximum Gasteiger partial charge on any atom is 0.196 e. The largest absolute Gasteiger partial charge is 0.478 e. The molecular formula is C19H18N4O. The SMILES string of the molecule is C1=CC(c2nnnn2CCCc2ccccc2)Oc2ccccc21. The Kier molecular flexibility index (Phi) is 4.06. The maximum atomic E-state index is 6.03. The lowest BCUT2D eigenvalue weighted by atomic mass is 10.1. The topological polar surface area (TPSA) is 52.8 Å². The molecule has 1 atom stereocenters. The summed E-state index contributed by atoms with van der Waals surface area (Å²) < 4.78 is 7.87. The van der Waals surface area contributed by atoms with Crippen LogP contribution in [0.4, 0.5) is 0 Å². The van der Waals surface area contributed by atoms with Crippen LogP contribution >= 0.6 is 0 Å². The van der Waals surface area contributed by atoms with Gasteiger partial charge in [0, 0.05) is 12.1 Å².